The van der Waals surface area contributed by atoms with Crippen molar-refractivity contribution in [3.05, 3.63) is 11.3 Å². The van der Waals surface area contributed by atoms with Gasteiger partial charge in [-0.1, -0.05) is 11.8 Å². The number of esters is 1. The molecule has 1 aromatic rings. The van der Waals surface area contributed by atoms with Crippen LogP contribution >= 0.6 is 11.8 Å². The summed E-state index contributed by atoms with van der Waals surface area (Å²) in [6.45, 7) is 4.55. The zero-order valence-electron chi connectivity index (χ0n) is 9.82. The zero-order chi connectivity index (χ0) is 12.1. The molecule has 16 heavy (non-hydrogen) atoms. The van der Waals surface area contributed by atoms with Crippen molar-refractivity contribution in [3.63, 3.8) is 0 Å². The van der Waals surface area contributed by atoms with Crippen molar-refractivity contribution in [1.82, 2.24) is 9.78 Å². The van der Waals surface area contributed by atoms with E-state index < -0.39 is 0 Å². The third-order valence-electron chi connectivity index (χ3n) is 2.12. The summed E-state index contributed by atoms with van der Waals surface area (Å²) in [6.07, 6.45) is 0. The van der Waals surface area contributed by atoms with Gasteiger partial charge in [-0.3, -0.25) is 9.48 Å². The van der Waals surface area contributed by atoms with E-state index in [-0.39, 0.29) is 5.97 Å². The van der Waals surface area contributed by atoms with Gasteiger partial charge in [0, 0.05) is 19.2 Å². The Labute approximate surface area is 99.3 Å². The second-order valence-electron chi connectivity index (χ2n) is 3.29. The van der Waals surface area contributed by atoms with Crippen LogP contribution in [-0.2, 0) is 23.1 Å². The normalized spacial score (nSPS) is 10.5. The molecule has 5 nitrogen and oxygen atoms in total. The highest BCUT2D eigenvalue weighted by atomic mass is 32.2. The summed E-state index contributed by atoms with van der Waals surface area (Å²) in [4.78, 5) is 11.2. The zero-order valence-corrected chi connectivity index (χ0v) is 10.6. The lowest BCUT2D eigenvalue weighted by molar-refractivity contribution is -0.139. The summed E-state index contributed by atoms with van der Waals surface area (Å²) in [7, 11) is 1.85. The number of carbonyl (C=O) groups is 1. The fourth-order valence-corrected chi connectivity index (χ4v) is 2.40. The SMILES string of the molecule is CCOC(=O)CSc1c(CN)c(C)nn1C. The first-order valence-electron chi connectivity index (χ1n) is 5.11. The highest BCUT2D eigenvalue weighted by molar-refractivity contribution is 7.99. The molecule has 0 bridgehead atoms. The van der Waals surface area contributed by atoms with E-state index in [1.165, 1.54) is 11.8 Å². The van der Waals surface area contributed by atoms with Crippen molar-refractivity contribution in [1.29, 1.82) is 0 Å². The summed E-state index contributed by atoms with van der Waals surface area (Å²) in [6, 6.07) is 0. The van der Waals surface area contributed by atoms with Crippen LogP contribution in [0.25, 0.3) is 0 Å². The Balaban J connectivity index is 2.69. The molecule has 0 aliphatic heterocycles. The van der Waals surface area contributed by atoms with Crippen molar-refractivity contribution in [2.24, 2.45) is 12.8 Å². The molecule has 2 N–H and O–H groups in total. The number of hydrogen-bond acceptors (Lipinski definition) is 5. The van der Waals surface area contributed by atoms with Crippen LogP contribution in [0, 0.1) is 6.92 Å². The van der Waals surface area contributed by atoms with E-state index >= 15 is 0 Å². The molecule has 0 aliphatic rings. The van der Waals surface area contributed by atoms with E-state index in [1.807, 2.05) is 14.0 Å². The molecule has 1 aromatic heterocycles. The monoisotopic (exact) mass is 243 g/mol. The van der Waals surface area contributed by atoms with Gasteiger partial charge in [-0.05, 0) is 13.8 Å². The highest BCUT2D eigenvalue weighted by Gasteiger charge is 2.14. The lowest BCUT2D eigenvalue weighted by Gasteiger charge is -2.04. The van der Waals surface area contributed by atoms with Crippen molar-refractivity contribution in [2.75, 3.05) is 12.4 Å². The minimum atomic E-state index is -0.214. The molecular weight excluding hydrogens is 226 g/mol. The molecule has 0 aromatic carbocycles. The van der Waals surface area contributed by atoms with Crippen LogP contribution in [0.5, 0.6) is 0 Å². The molecule has 0 saturated heterocycles. The maximum absolute atomic E-state index is 11.2. The molecule has 0 saturated carbocycles. The number of aromatic nitrogens is 2. The fraction of sp³-hybridized carbons (Fsp3) is 0.600. The first-order valence-corrected chi connectivity index (χ1v) is 6.09. The smallest absolute Gasteiger partial charge is 0.316 e. The minimum Gasteiger partial charge on any atom is -0.465 e. The van der Waals surface area contributed by atoms with E-state index in [2.05, 4.69) is 5.10 Å². The average Bonchev–Trinajstić information content (AvgIpc) is 2.50. The van der Waals surface area contributed by atoms with Gasteiger partial charge in [-0.15, -0.1) is 0 Å². The fourth-order valence-electron chi connectivity index (χ4n) is 1.43. The van der Waals surface area contributed by atoms with Gasteiger partial charge < -0.3 is 10.5 Å². The predicted molar refractivity (Wildman–Crippen MR) is 63.2 cm³/mol. The van der Waals surface area contributed by atoms with Crippen molar-refractivity contribution in [2.45, 2.75) is 25.4 Å². The van der Waals surface area contributed by atoms with Crippen LogP contribution < -0.4 is 5.73 Å². The van der Waals surface area contributed by atoms with Crippen LogP contribution in [0.2, 0.25) is 0 Å². The van der Waals surface area contributed by atoms with Crippen LogP contribution in [-0.4, -0.2) is 28.1 Å². The van der Waals surface area contributed by atoms with Crippen LogP contribution in [0.1, 0.15) is 18.2 Å². The van der Waals surface area contributed by atoms with E-state index in [0.29, 0.717) is 18.9 Å². The maximum atomic E-state index is 11.2. The molecule has 0 unspecified atom stereocenters. The Kier molecular flexibility index (Phi) is 4.82. The van der Waals surface area contributed by atoms with E-state index in [9.17, 15) is 4.79 Å². The Morgan fingerprint density at radius 2 is 2.31 bits per heavy atom. The van der Waals surface area contributed by atoms with Gasteiger partial charge >= 0.3 is 5.97 Å². The Morgan fingerprint density at radius 1 is 1.62 bits per heavy atom. The molecule has 1 rings (SSSR count). The van der Waals surface area contributed by atoms with E-state index in [4.69, 9.17) is 10.5 Å². The number of carbonyl (C=O) groups excluding carboxylic acids is 1. The average molecular weight is 243 g/mol. The van der Waals surface area contributed by atoms with Crippen LogP contribution in [0.15, 0.2) is 5.03 Å². The van der Waals surface area contributed by atoms with Gasteiger partial charge in [0.1, 0.15) is 0 Å². The predicted octanol–water partition coefficient (Wildman–Crippen LogP) is 0.842. The third-order valence-corrected chi connectivity index (χ3v) is 3.29. The van der Waals surface area contributed by atoms with Gasteiger partial charge in [0.25, 0.3) is 0 Å². The van der Waals surface area contributed by atoms with Gasteiger partial charge in [0.2, 0.25) is 0 Å². The molecule has 0 fully saturated rings. The maximum Gasteiger partial charge on any atom is 0.316 e. The molecule has 0 amide bonds. The topological polar surface area (TPSA) is 70.1 Å². The second-order valence-corrected chi connectivity index (χ2v) is 4.25. The summed E-state index contributed by atoms with van der Waals surface area (Å²) >= 11 is 1.41. The van der Waals surface area contributed by atoms with Crippen LogP contribution in [0.4, 0.5) is 0 Å². The molecule has 6 heteroatoms. The molecule has 0 aliphatic carbocycles. The Bertz CT molecular complexity index is 376. The Morgan fingerprint density at radius 3 is 2.88 bits per heavy atom. The van der Waals surface area contributed by atoms with Crippen molar-refractivity contribution >= 4 is 17.7 Å². The van der Waals surface area contributed by atoms with E-state index in [0.717, 1.165) is 16.3 Å². The number of hydrogen-bond donors (Lipinski definition) is 1. The summed E-state index contributed by atoms with van der Waals surface area (Å²) in [5.41, 5.74) is 7.56. The van der Waals surface area contributed by atoms with Crippen molar-refractivity contribution < 1.29 is 9.53 Å². The number of nitrogens with zero attached hydrogens (tertiary/aromatic N) is 2. The molecule has 1 heterocycles. The quantitative estimate of drug-likeness (QED) is 0.613. The lowest BCUT2D eigenvalue weighted by atomic mass is 10.3. The van der Waals surface area contributed by atoms with E-state index in [1.54, 1.807) is 11.6 Å². The van der Waals surface area contributed by atoms with Crippen LogP contribution in [0.3, 0.4) is 0 Å². The standard InChI is InChI=1S/C10H17N3O2S/c1-4-15-9(14)6-16-10-8(5-11)7(2)12-13(10)3/h4-6,11H2,1-3H3. The highest BCUT2D eigenvalue weighted by Crippen LogP contribution is 2.24. The second kappa shape index (κ2) is 5.91. The molecule has 0 spiro atoms. The number of rotatable bonds is 5. The van der Waals surface area contributed by atoms with Crippen molar-refractivity contribution in [3.8, 4) is 0 Å². The number of nitrogens with two attached hydrogens (primary N) is 1. The minimum absolute atomic E-state index is 0.214. The number of thioether (sulfide) groups is 1. The van der Waals surface area contributed by atoms with Gasteiger partial charge in [0.05, 0.1) is 23.1 Å². The largest absolute Gasteiger partial charge is 0.465 e. The molecule has 0 radical (unpaired) electrons. The third kappa shape index (κ3) is 2.99. The summed E-state index contributed by atoms with van der Waals surface area (Å²) in [5, 5.41) is 5.21. The number of aryl methyl sites for hydroxylation is 2. The lowest BCUT2D eigenvalue weighted by Crippen LogP contribution is -2.08. The number of ether oxygens (including phenoxy) is 1. The summed E-state index contributed by atoms with van der Waals surface area (Å²) in [5.74, 6) is 0.0779. The molecule has 0 atom stereocenters. The first kappa shape index (κ1) is 13.1. The van der Waals surface area contributed by atoms with Gasteiger partial charge in [-0.25, -0.2) is 0 Å². The Hall–Kier alpha value is -1.01. The summed E-state index contributed by atoms with van der Waals surface area (Å²) < 4.78 is 6.61. The molecule has 90 valence electrons. The molecular formula is C10H17N3O2S. The first-order chi connectivity index (χ1) is 7.60. The van der Waals surface area contributed by atoms with Gasteiger partial charge in [-0.2, -0.15) is 5.10 Å². The van der Waals surface area contributed by atoms with Gasteiger partial charge in [0.15, 0.2) is 0 Å².